The maximum absolute atomic E-state index is 11.6. The van der Waals surface area contributed by atoms with E-state index in [4.69, 9.17) is 21.2 Å². The molecule has 1 saturated heterocycles. The van der Waals surface area contributed by atoms with Crippen molar-refractivity contribution in [2.45, 2.75) is 6.29 Å². The Morgan fingerprint density at radius 3 is 3.00 bits per heavy atom. The molecule has 16 heavy (non-hydrogen) atoms. The molecule has 4 nitrogen and oxygen atoms in total. The number of carbonyl (C=O) groups excluding carboxylic acids is 1. The third-order valence-corrected chi connectivity index (χ3v) is 3.04. The second-order valence-corrected chi connectivity index (χ2v) is 4.09. The summed E-state index contributed by atoms with van der Waals surface area (Å²) in [6, 6.07) is 7.25. The van der Waals surface area contributed by atoms with Crippen LogP contribution in [0.1, 0.15) is 5.56 Å². The molecule has 0 aromatic heterocycles. The number of benzene rings is 1. The fraction of sp³-hybridized carbons (Fsp3) is 0.273. The normalized spacial score (nSPS) is 27.6. The molecule has 2 aliphatic rings. The number of rotatable bonds is 1. The summed E-state index contributed by atoms with van der Waals surface area (Å²) in [6.07, 6.45) is -0.571. The van der Waals surface area contributed by atoms with Crippen LogP contribution >= 0.6 is 11.6 Å². The quantitative estimate of drug-likeness (QED) is 0.746. The summed E-state index contributed by atoms with van der Waals surface area (Å²) < 4.78 is 5.15. The fourth-order valence-electron chi connectivity index (χ4n) is 1.93. The number of carbonyl (C=O) groups is 1. The highest BCUT2D eigenvalue weighted by atomic mass is 35.5. The molecule has 0 N–H and O–H groups in total. The van der Waals surface area contributed by atoms with Gasteiger partial charge in [-0.25, -0.2) is 0 Å². The minimum absolute atomic E-state index is 0.0128. The van der Waals surface area contributed by atoms with E-state index in [9.17, 15) is 4.79 Å². The lowest BCUT2D eigenvalue weighted by atomic mass is 9.95. The number of ether oxygens (including phenoxy) is 1. The summed E-state index contributed by atoms with van der Waals surface area (Å²) in [5, 5.41) is 4.45. The Labute approximate surface area is 96.8 Å². The second-order valence-electron chi connectivity index (χ2n) is 3.69. The molecule has 0 unspecified atom stereocenters. The lowest BCUT2D eigenvalue weighted by molar-refractivity contribution is -0.119. The molecule has 1 aromatic rings. The minimum atomic E-state index is -0.571. The summed E-state index contributed by atoms with van der Waals surface area (Å²) in [5.41, 5.74) is 1.30. The Hall–Kier alpha value is -1.39. The van der Waals surface area contributed by atoms with Crippen LogP contribution in [-0.4, -0.2) is 24.4 Å². The predicted molar refractivity (Wildman–Crippen MR) is 57.3 cm³/mol. The number of halogens is 1. The van der Waals surface area contributed by atoms with Crippen molar-refractivity contribution in [3.8, 4) is 0 Å². The maximum Gasteiger partial charge on any atom is 0.243 e. The standard InChI is InChI=1S/C11H8ClNO3/c12-7-4-2-1-3-6(7)10-9-8(14)5-15-11(9)16-13-10/h1-4,9,11H,5H2/t9-,11+/m1/s1. The molecule has 0 radical (unpaired) electrons. The third-order valence-electron chi connectivity index (χ3n) is 2.71. The van der Waals surface area contributed by atoms with E-state index in [1.165, 1.54) is 0 Å². The van der Waals surface area contributed by atoms with Gasteiger partial charge in [0.15, 0.2) is 5.78 Å². The summed E-state index contributed by atoms with van der Waals surface area (Å²) in [7, 11) is 0. The monoisotopic (exact) mass is 237 g/mol. The molecule has 2 aliphatic heterocycles. The molecule has 0 spiro atoms. The van der Waals surface area contributed by atoms with Crippen LogP contribution in [0.2, 0.25) is 5.02 Å². The number of ketones is 1. The summed E-state index contributed by atoms with van der Waals surface area (Å²) in [4.78, 5) is 16.7. The largest absolute Gasteiger partial charge is 0.362 e. The molecule has 1 aromatic carbocycles. The maximum atomic E-state index is 11.6. The van der Waals surface area contributed by atoms with Gasteiger partial charge in [-0.15, -0.1) is 0 Å². The number of fused-ring (bicyclic) bond motifs is 1. The molecule has 2 heterocycles. The molecule has 0 aliphatic carbocycles. The zero-order chi connectivity index (χ0) is 11.1. The van der Waals surface area contributed by atoms with Gasteiger partial charge in [-0.1, -0.05) is 35.0 Å². The average Bonchev–Trinajstić information content (AvgIpc) is 2.83. The van der Waals surface area contributed by atoms with Crippen LogP contribution in [0.5, 0.6) is 0 Å². The topological polar surface area (TPSA) is 47.9 Å². The van der Waals surface area contributed by atoms with Crippen molar-refractivity contribution in [3.63, 3.8) is 0 Å². The zero-order valence-electron chi connectivity index (χ0n) is 8.22. The summed E-state index contributed by atoms with van der Waals surface area (Å²) in [6.45, 7) is 0.0821. The lowest BCUT2D eigenvalue weighted by Crippen LogP contribution is -2.25. The Morgan fingerprint density at radius 1 is 1.38 bits per heavy atom. The number of hydrogen-bond donors (Lipinski definition) is 0. The summed E-state index contributed by atoms with van der Waals surface area (Å²) >= 11 is 6.05. The van der Waals surface area contributed by atoms with Crippen molar-refractivity contribution in [2.24, 2.45) is 11.1 Å². The van der Waals surface area contributed by atoms with Gasteiger partial charge in [-0.05, 0) is 6.07 Å². The first-order valence-electron chi connectivity index (χ1n) is 4.90. The molecule has 2 atom stereocenters. The zero-order valence-corrected chi connectivity index (χ0v) is 8.98. The SMILES string of the molecule is O=C1CO[C@H]2ON=C(c3ccccc3Cl)[C@@H]12. The molecule has 0 bridgehead atoms. The van der Waals surface area contributed by atoms with Gasteiger partial charge in [-0.2, -0.15) is 0 Å². The van der Waals surface area contributed by atoms with Crippen LogP contribution in [0.25, 0.3) is 0 Å². The van der Waals surface area contributed by atoms with Gasteiger partial charge in [0.05, 0.1) is 0 Å². The lowest BCUT2D eigenvalue weighted by Gasteiger charge is -2.07. The Balaban J connectivity index is 2.03. The fourth-order valence-corrected chi connectivity index (χ4v) is 2.16. The van der Waals surface area contributed by atoms with Crippen molar-refractivity contribution in [3.05, 3.63) is 34.9 Å². The highest BCUT2D eigenvalue weighted by Gasteiger charge is 2.46. The van der Waals surface area contributed by atoms with E-state index >= 15 is 0 Å². The number of Topliss-reactive ketones (excluding diaryl/α,β-unsaturated/α-hetero) is 1. The van der Waals surface area contributed by atoms with Crippen LogP contribution in [0.15, 0.2) is 29.4 Å². The molecule has 82 valence electrons. The Bertz CT molecular complexity index is 486. The average molecular weight is 238 g/mol. The van der Waals surface area contributed by atoms with Gasteiger partial charge in [0.2, 0.25) is 6.29 Å². The molecule has 0 saturated carbocycles. The van der Waals surface area contributed by atoms with Gasteiger partial charge in [-0.3, -0.25) is 4.79 Å². The van der Waals surface area contributed by atoms with Crippen LogP contribution in [0.4, 0.5) is 0 Å². The van der Waals surface area contributed by atoms with E-state index in [1.807, 2.05) is 18.2 Å². The molecule has 3 rings (SSSR count). The number of oxime groups is 1. The molecule has 1 fully saturated rings. The summed E-state index contributed by atoms with van der Waals surface area (Å²) in [5.74, 6) is -0.443. The van der Waals surface area contributed by atoms with E-state index in [0.717, 1.165) is 5.56 Å². The third kappa shape index (κ3) is 1.34. The molecular formula is C11H8ClNO3. The van der Waals surface area contributed by atoms with Crippen LogP contribution < -0.4 is 0 Å². The van der Waals surface area contributed by atoms with Crippen molar-refractivity contribution >= 4 is 23.1 Å². The van der Waals surface area contributed by atoms with E-state index < -0.39 is 12.2 Å². The number of hydrogen-bond acceptors (Lipinski definition) is 4. The predicted octanol–water partition coefficient (Wildman–Crippen LogP) is 1.62. The van der Waals surface area contributed by atoms with E-state index in [0.29, 0.717) is 10.7 Å². The molecular weight excluding hydrogens is 230 g/mol. The van der Waals surface area contributed by atoms with Gasteiger partial charge in [0.1, 0.15) is 18.2 Å². The minimum Gasteiger partial charge on any atom is -0.362 e. The van der Waals surface area contributed by atoms with Gasteiger partial charge >= 0.3 is 0 Å². The Morgan fingerprint density at radius 2 is 2.19 bits per heavy atom. The second kappa shape index (κ2) is 3.57. The van der Waals surface area contributed by atoms with E-state index in [-0.39, 0.29) is 12.4 Å². The van der Waals surface area contributed by atoms with Crippen LogP contribution in [-0.2, 0) is 14.4 Å². The highest BCUT2D eigenvalue weighted by Crippen LogP contribution is 2.31. The smallest absolute Gasteiger partial charge is 0.243 e. The Kier molecular flexibility index (Phi) is 2.19. The van der Waals surface area contributed by atoms with Crippen molar-refractivity contribution in [1.82, 2.24) is 0 Å². The molecule has 0 amide bonds. The van der Waals surface area contributed by atoms with Crippen molar-refractivity contribution < 1.29 is 14.4 Å². The van der Waals surface area contributed by atoms with Gasteiger partial charge in [0, 0.05) is 10.6 Å². The first kappa shape index (κ1) is 9.81. The highest BCUT2D eigenvalue weighted by molar-refractivity contribution is 6.35. The van der Waals surface area contributed by atoms with Crippen LogP contribution in [0.3, 0.4) is 0 Å². The van der Waals surface area contributed by atoms with Gasteiger partial charge < -0.3 is 9.57 Å². The van der Waals surface area contributed by atoms with E-state index in [1.54, 1.807) is 6.07 Å². The number of nitrogens with zero attached hydrogens (tertiary/aromatic N) is 1. The van der Waals surface area contributed by atoms with Gasteiger partial charge in [0.25, 0.3) is 0 Å². The van der Waals surface area contributed by atoms with Crippen molar-refractivity contribution in [2.75, 3.05) is 6.61 Å². The first-order chi connectivity index (χ1) is 7.77. The first-order valence-corrected chi connectivity index (χ1v) is 5.28. The van der Waals surface area contributed by atoms with Crippen molar-refractivity contribution in [1.29, 1.82) is 0 Å². The van der Waals surface area contributed by atoms with E-state index in [2.05, 4.69) is 5.16 Å². The van der Waals surface area contributed by atoms with Crippen LogP contribution in [0, 0.1) is 5.92 Å². The molecule has 5 heteroatoms.